The molecule has 0 aromatic rings. The first-order valence-electron chi connectivity index (χ1n) is 6.63. The normalized spacial score (nSPS) is 11.4. The molecule has 0 amide bonds. The molecule has 0 saturated heterocycles. The predicted octanol–water partition coefficient (Wildman–Crippen LogP) is 5.77. The van der Waals surface area contributed by atoms with E-state index in [4.69, 9.17) is 0 Å². The molecule has 0 N–H and O–H groups in total. The van der Waals surface area contributed by atoms with Crippen molar-refractivity contribution in [3.63, 3.8) is 0 Å². The Morgan fingerprint density at radius 2 is 1.00 bits per heavy atom. The van der Waals surface area contributed by atoms with E-state index in [-0.39, 0.29) is 0 Å². The molecule has 0 heterocycles. The molecule has 0 heteroatoms. The average molecular weight is 202 g/mol. The van der Waals surface area contributed by atoms with Gasteiger partial charge in [0.05, 0.1) is 0 Å². The summed E-state index contributed by atoms with van der Waals surface area (Å²) in [7, 11) is 0. The van der Waals surface area contributed by atoms with E-state index in [9.17, 15) is 0 Å². The third-order valence-electron chi connectivity index (χ3n) is 2.84. The van der Waals surface area contributed by atoms with Crippen molar-refractivity contribution in [3.05, 3.63) is 0 Å². The molecule has 0 radical (unpaired) electrons. The SMILES string of the molecule is CC.CC.CCC(CC)C(C)C(C)C. The van der Waals surface area contributed by atoms with Gasteiger partial charge in [-0.1, -0.05) is 75.2 Å². The lowest BCUT2D eigenvalue weighted by atomic mass is 9.82. The molecule has 14 heavy (non-hydrogen) atoms. The van der Waals surface area contributed by atoms with Gasteiger partial charge < -0.3 is 0 Å². The van der Waals surface area contributed by atoms with Crippen LogP contribution in [0.5, 0.6) is 0 Å². The van der Waals surface area contributed by atoms with Gasteiger partial charge in [-0.3, -0.25) is 0 Å². The summed E-state index contributed by atoms with van der Waals surface area (Å²) in [6.07, 6.45) is 2.69. The summed E-state index contributed by atoms with van der Waals surface area (Å²) in [5.74, 6) is 2.69. The number of hydrogen-bond donors (Lipinski definition) is 0. The minimum absolute atomic E-state index is 0.852. The number of rotatable bonds is 4. The van der Waals surface area contributed by atoms with Gasteiger partial charge in [-0.2, -0.15) is 0 Å². The van der Waals surface area contributed by atoms with E-state index in [1.807, 2.05) is 27.7 Å². The molecule has 0 saturated carbocycles. The summed E-state index contributed by atoms with van der Waals surface area (Å²) in [4.78, 5) is 0. The molecule has 0 aromatic heterocycles. The maximum absolute atomic E-state index is 2.38. The minimum atomic E-state index is 0.852. The van der Waals surface area contributed by atoms with Gasteiger partial charge in [-0.05, 0) is 17.8 Å². The molecule has 1 atom stereocenters. The molecule has 90 valence electrons. The summed E-state index contributed by atoms with van der Waals surface area (Å²) in [6.45, 7) is 19.6. The summed E-state index contributed by atoms with van der Waals surface area (Å²) >= 11 is 0. The maximum Gasteiger partial charge on any atom is -0.0391 e. The highest BCUT2D eigenvalue weighted by Gasteiger charge is 2.15. The van der Waals surface area contributed by atoms with Crippen LogP contribution in [0, 0.1) is 17.8 Å². The second kappa shape index (κ2) is 15.5. The standard InChI is InChI=1S/C10H22.2C2H6/c1-6-10(7-2)9(5)8(3)4;2*1-2/h8-10H,6-7H2,1-5H3;2*1-2H3. The van der Waals surface area contributed by atoms with Gasteiger partial charge in [-0.25, -0.2) is 0 Å². The largest absolute Gasteiger partial charge is 0.0683 e. The van der Waals surface area contributed by atoms with E-state index < -0.39 is 0 Å². The van der Waals surface area contributed by atoms with Crippen molar-refractivity contribution in [2.24, 2.45) is 17.8 Å². The molecule has 0 rings (SSSR count). The Labute approximate surface area is 93.5 Å². The van der Waals surface area contributed by atoms with Crippen LogP contribution in [0.2, 0.25) is 0 Å². The van der Waals surface area contributed by atoms with Gasteiger partial charge >= 0.3 is 0 Å². The number of hydrogen-bond acceptors (Lipinski definition) is 0. The van der Waals surface area contributed by atoms with Crippen LogP contribution in [-0.2, 0) is 0 Å². The molecule has 1 unspecified atom stereocenters. The van der Waals surface area contributed by atoms with E-state index in [1.165, 1.54) is 12.8 Å². The highest BCUT2D eigenvalue weighted by molar-refractivity contribution is 4.66. The van der Waals surface area contributed by atoms with Crippen LogP contribution in [0.1, 0.15) is 75.2 Å². The molecule has 0 aliphatic rings. The Kier molecular flexibility index (Phi) is 21.6. The van der Waals surface area contributed by atoms with Crippen LogP contribution in [0.15, 0.2) is 0 Å². The van der Waals surface area contributed by atoms with Crippen molar-refractivity contribution < 1.29 is 0 Å². The van der Waals surface area contributed by atoms with E-state index in [0.717, 1.165) is 17.8 Å². The van der Waals surface area contributed by atoms with Crippen LogP contribution in [-0.4, -0.2) is 0 Å². The fourth-order valence-electron chi connectivity index (χ4n) is 1.58. The molecular weight excluding hydrogens is 168 g/mol. The van der Waals surface area contributed by atoms with Gasteiger partial charge in [0, 0.05) is 0 Å². The molecule has 0 nitrogen and oxygen atoms in total. The zero-order valence-corrected chi connectivity index (χ0v) is 12.1. The van der Waals surface area contributed by atoms with Crippen molar-refractivity contribution >= 4 is 0 Å². The van der Waals surface area contributed by atoms with Crippen LogP contribution in [0.3, 0.4) is 0 Å². The zero-order valence-electron chi connectivity index (χ0n) is 12.1. The summed E-state index contributed by atoms with van der Waals surface area (Å²) in [5.41, 5.74) is 0. The minimum Gasteiger partial charge on any atom is -0.0683 e. The quantitative estimate of drug-likeness (QED) is 0.543. The van der Waals surface area contributed by atoms with Crippen LogP contribution in [0.4, 0.5) is 0 Å². The first-order valence-corrected chi connectivity index (χ1v) is 6.63. The second-order valence-electron chi connectivity index (χ2n) is 3.68. The van der Waals surface area contributed by atoms with Crippen LogP contribution < -0.4 is 0 Å². The Morgan fingerprint density at radius 1 is 0.714 bits per heavy atom. The molecule has 0 fully saturated rings. The Balaban J connectivity index is -0.000000266. The van der Waals surface area contributed by atoms with Gasteiger partial charge in [0.1, 0.15) is 0 Å². The van der Waals surface area contributed by atoms with Crippen LogP contribution >= 0.6 is 0 Å². The molecule has 0 bridgehead atoms. The molecule has 0 aliphatic carbocycles. The highest BCUT2D eigenvalue weighted by atomic mass is 14.2. The fourth-order valence-corrected chi connectivity index (χ4v) is 1.58. The van der Waals surface area contributed by atoms with E-state index >= 15 is 0 Å². The van der Waals surface area contributed by atoms with Gasteiger partial charge in [-0.15, -0.1) is 0 Å². The second-order valence-corrected chi connectivity index (χ2v) is 3.68. The van der Waals surface area contributed by atoms with Crippen molar-refractivity contribution in [3.8, 4) is 0 Å². The van der Waals surface area contributed by atoms with Gasteiger partial charge in [0.2, 0.25) is 0 Å². The van der Waals surface area contributed by atoms with E-state index in [0.29, 0.717) is 0 Å². The van der Waals surface area contributed by atoms with Crippen molar-refractivity contribution in [1.29, 1.82) is 0 Å². The Morgan fingerprint density at radius 3 is 1.07 bits per heavy atom. The Bertz CT molecular complexity index is 70.1. The van der Waals surface area contributed by atoms with Gasteiger partial charge in [0.25, 0.3) is 0 Å². The van der Waals surface area contributed by atoms with Crippen molar-refractivity contribution in [2.45, 2.75) is 75.2 Å². The maximum atomic E-state index is 2.38. The topological polar surface area (TPSA) is 0 Å². The molecular formula is C14H34. The lowest BCUT2D eigenvalue weighted by Gasteiger charge is -2.24. The first-order chi connectivity index (χ1) is 6.63. The summed E-state index contributed by atoms with van der Waals surface area (Å²) < 4.78 is 0. The molecule has 0 aliphatic heterocycles. The fraction of sp³-hybridized carbons (Fsp3) is 1.00. The Hall–Kier alpha value is 0. The zero-order chi connectivity index (χ0) is 12.1. The van der Waals surface area contributed by atoms with Crippen molar-refractivity contribution in [1.82, 2.24) is 0 Å². The monoisotopic (exact) mass is 202 g/mol. The highest BCUT2D eigenvalue weighted by Crippen LogP contribution is 2.25. The summed E-state index contributed by atoms with van der Waals surface area (Å²) in [6, 6.07) is 0. The third kappa shape index (κ3) is 10.1. The van der Waals surface area contributed by atoms with Crippen molar-refractivity contribution in [2.75, 3.05) is 0 Å². The first kappa shape index (κ1) is 19.6. The van der Waals surface area contributed by atoms with E-state index in [1.54, 1.807) is 0 Å². The average Bonchev–Trinajstić information content (AvgIpc) is 2.25. The third-order valence-corrected chi connectivity index (χ3v) is 2.84. The molecule has 0 spiro atoms. The predicted molar refractivity (Wildman–Crippen MR) is 70.8 cm³/mol. The van der Waals surface area contributed by atoms with Crippen LogP contribution in [0.25, 0.3) is 0 Å². The van der Waals surface area contributed by atoms with E-state index in [2.05, 4.69) is 34.6 Å². The lowest BCUT2D eigenvalue weighted by molar-refractivity contribution is 0.262. The molecule has 0 aromatic carbocycles. The smallest absolute Gasteiger partial charge is 0.0391 e. The lowest BCUT2D eigenvalue weighted by Crippen LogP contribution is -2.15. The summed E-state index contributed by atoms with van der Waals surface area (Å²) in [5, 5.41) is 0. The van der Waals surface area contributed by atoms with Gasteiger partial charge in [0.15, 0.2) is 0 Å².